The highest BCUT2D eigenvalue weighted by atomic mass is 16.7. The van der Waals surface area contributed by atoms with Crippen molar-refractivity contribution in [2.24, 2.45) is 0 Å². The van der Waals surface area contributed by atoms with Crippen molar-refractivity contribution in [1.82, 2.24) is 4.98 Å². The smallest absolute Gasteiger partial charge is 0.481 e. The predicted octanol–water partition coefficient (Wildman–Crippen LogP) is 1.70. The third kappa shape index (κ3) is 2.13. The van der Waals surface area contributed by atoms with Crippen LogP contribution in [0.25, 0.3) is 0 Å². The van der Waals surface area contributed by atoms with Crippen LogP contribution >= 0.6 is 0 Å². The molecule has 0 amide bonds. The molecular formula is C13H20BNO3. The van der Waals surface area contributed by atoms with E-state index in [1.807, 2.05) is 27.7 Å². The van der Waals surface area contributed by atoms with Gasteiger partial charge in [-0.2, -0.15) is 0 Å². The first-order valence-electron chi connectivity index (χ1n) is 7.42. The second-order valence-electron chi connectivity index (χ2n) is 5.58. The van der Waals surface area contributed by atoms with E-state index < -0.39 is 25.4 Å². The molecule has 0 aromatic carbocycles. The largest absolute Gasteiger partial charge is 0.496 e. The van der Waals surface area contributed by atoms with E-state index in [1.54, 1.807) is 13.0 Å². The maximum absolute atomic E-state index is 7.11. The Morgan fingerprint density at radius 2 is 1.89 bits per heavy atom. The third-order valence-corrected chi connectivity index (χ3v) is 3.67. The minimum atomic E-state index is -2.51. The van der Waals surface area contributed by atoms with Crippen LogP contribution in [0, 0.1) is 6.92 Å². The Morgan fingerprint density at radius 1 is 1.28 bits per heavy atom. The Kier molecular flexibility index (Phi) is 2.31. The first-order valence-corrected chi connectivity index (χ1v) is 5.92. The molecule has 2 rings (SSSR count). The number of ether oxygens (including phenoxy) is 1. The zero-order chi connectivity index (χ0) is 16.1. The highest BCUT2D eigenvalue weighted by Gasteiger charge is 2.51. The van der Waals surface area contributed by atoms with Gasteiger partial charge in [0.05, 0.1) is 22.4 Å². The van der Waals surface area contributed by atoms with E-state index in [1.165, 1.54) is 6.20 Å². The number of methoxy groups -OCH3 is 1. The van der Waals surface area contributed by atoms with Crippen LogP contribution in [0.15, 0.2) is 12.3 Å². The van der Waals surface area contributed by atoms with Crippen LogP contribution in [-0.2, 0) is 9.31 Å². The monoisotopic (exact) mass is 252 g/mol. The fourth-order valence-electron chi connectivity index (χ4n) is 1.80. The lowest BCUT2D eigenvalue weighted by Crippen LogP contribution is -2.41. The Balaban J connectivity index is 2.22. The van der Waals surface area contributed by atoms with E-state index >= 15 is 0 Å². The second-order valence-corrected chi connectivity index (χ2v) is 5.58. The molecule has 0 radical (unpaired) electrons. The molecule has 1 aromatic heterocycles. The van der Waals surface area contributed by atoms with Gasteiger partial charge >= 0.3 is 7.12 Å². The summed E-state index contributed by atoms with van der Waals surface area (Å²) in [7, 11) is -3.04. The molecule has 0 unspecified atom stereocenters. The Labute approximate surface area is 113 Å². The van der Waals surface area contributed by atoms with Gasteiger partial charge in [0.2, 0.25) is 5.88 Å². The molecule has 0 N–H and O–H groups in total. The average molecular weight is 252 g/mol. The minimum Gasteiger partial charge on any atom is -0.481 e. The number of aromatic nitrogens is 1. The summed E-state index contributed by atoms with van der Waals surface area (Å²) >= 11 is 0. The first-order chi connectivity index (χ1) is 9.41. The van der Waals surface area contributed by atoms with Crippen molar-refractivity contribution in [3.05, 3.63) is 17.8 Å². The molecule has 1 aliphatic rings. The van der Waals surface area contributed by atoms with Crippen molar-refractivity contribution in [2.75, 3.05) is 7.04 Å². The van der Waals surface area contributed by atoms with E-state index in [0.29, 0.717) is 5.56 Å². The predicted molar refractivity (Wildman–Crippen MR) is 71.2 cm³/mol. The lowest BCUT2D eigenvalue weighted by Gasteiger charge is -2.32. The second kappa shape index (κ2) is 4.25. The molecule has 1 aromatic rings. The third-order valence-electron chi connectivity index (χ3n) is 3.67. The lowest BCUT2D eigenvalue weighted by molar-refractivity contribution is 0.00578. The molecule has 0 bridgehead atoms. The fraction of sp³-hybridized carbons (Fsp3) is 0.615. The zero-order valence-electron chi connectivity index (χ0n) is 14.4. The fourth-order valence-corrected chi connectivity index (χ4v) is 1.80. The van der Waals surface area contributed by atoms with Gasteiger partial charge in [-0.15, -0.1) is 0 Å². The molecule has 0 atom stereocenters. The normalized spacial score (nSPS) is 24.3. The maximum atomic E-state index is 7.11. The molecular weight excluding hydrogens is 229 g/mol. The summed E-state index contributed by atoms with van der Waals surface area (Å²) in [4.78, 5) is 4.06. The van der Waals surface area contributed by atoms with Crippen molar-refractivity contribution < 1.29 is 18.2 Å². The molecule has 0 aliphatic carbocycles. The van der Waals surface area contributed by atoms with Crippen LogP contribution in [0.4, 0.5) is 0 Å². The van der Waals surface area contributed by atoms with Gasteiger partial charge in [0.1, 0.15) is 0 Å². The van der Waals surface area contributed by atoms with Crippen molar-refractivity contribution in [3.63, 3.8) is 0 Å². The quantitative estimate of drug-likeness (QED) is 0.751. The van der Waals surface area contributed by atoms with Gasteiger partial charge in [-0.1, -0.05) is 6.07 Å². The molecule has 98 valence electrons. The average Bonchev–Trinajstić information content (AvgIpc) is 2.49. The summed E-state index contributed by atoms with van der Waals surface area (Å²) in [5.41, 5.74) is 0.501. The van der Waals surface area contributed by atoms with Crippen molar-refractivity contribution in [3.8, 4) is 5.88 Å². The van der Waals surface area contributed by atoms with Gasteiger partial charge in [0.25, 0.3) is 0 Å². The van der Waals surface area contributed by atoms with Gasteiger partial charge in [-0.25, -0.2) is 4.98 Å². The van der Waals surface area contributed by atoms with E-state index in [9.17, 15) is 0 Å². The van der Waals surface area contributed by atoms with E-state index in [2.05, 4.69) is 4.98 Å². The van der Waals surface area contributed by atoms with Crippen molar-refractivity contribution in [1.29, 1.82) is 0 Å². The zero-order valence-corrected chi connectivity index (χ0v) is 11.4. The first kappa shape index (κ1) is 9.81. The van der Waals surface area contributed by atoms with Crippen molar-refractivity contribution in [2.45, 2.75) is 45.8 Å². The number of nitrogens with zero attached hydrogens (tertiary/aromatic N) is 1. The van der Waals surface area contributed by atoms with Crippen LogP contribution in [0.1, 0.15) is 37.4 Å². The summed E-state index contributed by atoms with van der Waals surface area (Å²) in [5, 5.41) is 0. The summed E-state index contributed by atoms with van der Waals surface area (Å²) in [6.45, 7) is 9.63. The van der Waals surface area contributed by atoms with E-state index in [4.69, 9.17) is 18.2 Å². The van der Waals surface area contributed by atoms with Gasteiger partial charge in [-0.05, 0) is 34.6 Å². The van der Waals surface area contributed by atoms with Gasteiger partial charge < -0.3 is 14.0 Å². The van der Waals surface area contributed by atoms with E-state index in [-0.39, 0.29) is 5.88 Å². The highest BCUT2D eigenvalue weighted by Crippen LogP contribution is 2.36. The van der Waals surface area contributed by atoms with Crippen molar-refractivity contribution >= 4 is 12.6 Å². The maximum Gasteiger partial charge on any atom is 0.496 e. The summed E-state index contributed by atoms with van der Waals surface area (Å²) < 4.78 is 38.0. The van der Waals surface area contributed by atoms with Gasteiger partial charge in [-0.3, -0.25) is 0 Å². The minimum absolute atomic E-state index is 0.0928. The van der Waals surface area contributed by atoms with Crippen LogP contribution in [-0.4, -0.2) is 30.3 Å². The van der Waals surface area contributed by atoms with Crippen LogP contribution < -0.4 is 10.2 Å². The molecule has 4 nitrogen and oxygen atoms in total. The number of aryl methyl sites for hydroxylation is 1. The number of hydrogen-bond acceptors (Lipinski definition) is 4. The number of rotatable bonds is 2. The molecule has 1 fully saturated rings. The molecule has 1 aliphatic heterocycles. The SMILES string of the molecule is [2H]C([2H])([2H])Oc1ncc(B2OC(C)(C)C(C)(C)O2)cc1C. The lowest BCUT2D eigenvalue weighted by atomic mass is 9.80. The molecule has 2 heterocycles. The number of hydrogen-bond donors (Lipinski definition) is 0. The van der Waals surface area contributed by atoms with E-state index in [0.717, 1.165) is 5.46 Å². The van der Waals surface area contributed by atoms with Gasteiger partial charge in [0.15, 0.2) is 0 Å². The molecule has 5 heteroatoms. The summed E-state index contributed by atoms with van der Waals surface area (Å²) in [6, 6.07) is 1.77. The number of pyridine rings is 1. The topological polar surface area (TPSA) is 40.6 Å². The molecule has 18 heavy (non-hydrogen) atoms. The van der Waals surface area contributed by atoms with Crippen LogP contribution in [0.3, 0.4) is 0 Å². The summed E-state index contributed by atoms with van der Waals surface area (Å²) in [5.74, 6) is 0.0928. The molecule has 0 saturated carbocycles. The Hall–Kier alpha value is -1.07. The van der Waals surface area contributed by atoms with Gasteiger partial charge in [0, 0.05) is 17.2 Å². The summed E-state index contributed by atoms with van der Waals surface area (Å²) in [6.07, 6.45) is 1.52. The molecule has 0 spiro atoms. The molecule has 1 saturated heterocycles. The Bertz CT molecular complexity index is 530. The standard InChI is InChI=1S/C13H20BNO3/c1-9-7-10(8-15-11(9)16-6)14-17-12(2,3)13(4,5)18-14/h7-8H,1-6H3/i6D3. The highest BCUT2D eigenvalue weighted by molar-refractivity contribution is 6.62. The van der Waals surface area contributed by atoms with Crippen LogP contribution in [0.2, 0.25) is 0 Å². The van der Waals surface area contributed by atoms with Crippen LogP contribution in [0.5, 0.6) is 5.88 Å². The Morgan fingerprint density at radius 3 is 2.39 bits per heavy atom.